The minimum absolute atomic E-state index is 0.0862. The number of nitrogens with zero attached hydrogens (tertiary/aromatic N) is 1. The van der Waals surface area contributed by atoms with Crippen LogP contribution in [0, 0.1) is 20.8 Å². The number of ether oxygens (including phenoxy) is 1. The molecule has 2 aromatic carbocycles. The van der Waals surface area contributed by atoms with Crippen LogP contribution in [0.1, 0.15) is 23.1 Å². The van der Waals surface area contributed by atoms with E-state index >= 15 is 0 Å². The number of aryl methyl sites for hydroxylation is 3. The van der Waals surface area contributed by atoms with Gasteiger partial charge in [-0.25, -0.2) is 13.1 Å². The minimum Gasteiger partial charge on any atom is -0.496 e. The van der Waals surface area contributed by atoms with Crippen LogP contribution in [0.25, 0.3) is 0 Å². The average Bonchev–Trinajstić information content (AvgIpc) is 2.96. The Labute approximate surface area is 160 Å². The van der Waals surface area contributed by atoms with Gasteiger partial charge in [0.2, 0.25) is 15.9 Å². The lowest BCUT2D eigenvalue weighted by molar-refractivity contribution is -0.117. The van der Waals surface area contributed by atoms with Crippen LogP contribution in [0.4, 0.5) is 5.69 Å². The van der Waals surface area contributed by atoms with Gasteiger partial charge in [-0.05, 0) is 67.8 Å². The van der Waals surface area contributed by atoms with E-state index in [1.165, 1.54) is 6.07 Å². The Hall–Kier alpha value is -2.38. The molecule has 144 valence electrons. The molecule has 1 heterocycles. The monoisotopic (exact) mass is 388 g/mol. The number of hydrogen-bond acceptors (Lipinski definition) is 4. The van der Waals surface area contributed by atoms with Crippen LogP contribution >= 0.6 is 0 Å². The molecular weight excluding hydrogens is 364 g/mol. The first-order chi connectivity index (χ1) is 12.7. The van der Waals surface area contributed by atoms with Crippen LogP contribution in [0.3, 0.4) is 0 Å². The van der Waals surface area contributed by atoms with E-state index < -0.39 is 16.1 Å². The minimum atomic E-state index is -3.72. The van der Waals surface area contributed by atoms with Crippen molar-refractivity contribution in [1.29, 1.82) is 0 Å². The topological polar surface area (TPSA) is 75.7 Å². The van der Waals surface area contributed by atoms with Gasteiger partial charge in [0.05, 0.1) is 12.0 Å². The van der Waals surface area contributed by atoms with Gasteiger partial charge < -0.3 is 9.64 Å². The number of anilines is 1. The van der Waals surface area contributed by atoms with Crippen molar-refractivity contribution in [1.82, 2.24) is 4.72 Å². The summed E-state index contributed by atoms with van der Waals surface area (Å²) < 4.78 is 33.2. The third kappa shape index (κ3) is 3.99. The number of sulfonamides is 1. The molecule has 0 unspecified atom stereocenters. The highest BCUT2D eigenvalue weighted by molar-refractivity contribution is 7.89. The van der Waals surface area contributed by atoms with Gasteiger partial charge in [-0.3, -0.25) is 4.79 Å². The third-order valence-electron chi connectivity index (χ3n) is 4.93. The smallest absolute Gasteiger partial charge is 0.240 e. The van der Waals surface area contributed by atoms with Gasteiger partial charge in [0.1, 0.15) is 5.75 Å². The van der Waals surface area contributed by atoms with Crippen molar-refractivity contribution in [3.63, 3.8) is 0 Å². The normalized spacial score (nSPS) is 17.4. The molecule has 0 radical (unpaired) electrons. The maximum absolute atomic E-state index is 12.7. The second-order valence-electron chi connectivity index (χ2n) is 6.93. The molecule has 0 spiro atoms. The van der Waals surface area contributed by atoms with Gasteiger partial charge >= 0.3 is 0 Å². The van der Waals surface area contributed by atoms with Crippen molar-refractivity contribution < 1.29 is 17.9 Å². The predicted octanol–water partition coefficient (Wildman–Crippen LogP) is 2.70. The summed E-state index contributed by atoms with van der Waals surface area (Å²) in [6.07, 6.45) is 0.140. The van der Waals surface area contributed by atoms with Gasteiger partial charge in [0.15, 0.2) is 0 Å². The zero-order chi connectivity index (χ0) is 19.8. The molecule has 6 nitrogen and oxygen atoms in total. The van der Waals surface area contributed by atoms with E-state index in [1.807, 2.05) is 32.0 Å². The molecule has 1 amide bonds. The van der Waals surface area contributed by atoms with Crippen LogP contribution in [0.2, 0.25) is 0 Å². The highest BCUT2D eigenvalue weighted by Crippen LogP contribution is 2.26. The van der Waals surface area contributed by atoms with Gasteiger partial charge in [0.25, 0.3) is 0 Å². The Bertz CT molecular complexity index is 985. The predicted molar refractivity (Wildman–Crippen MR) is 105 cm³/mol. The molecule has 0 aromatic heterocycles. The summed E-state index contributed by atoms with van der Waals surface area (Å²) in [6, 6.07) is 10.1. The van der Waals surface area contributed by atoms with Gasteiger partial charge in [-0.1, -0.05) is 6.07 Å². The summed E-state index contributed by atoms with van der Waals surface area (Å²) in [5.74, 6) is 0.544. The van der Waals surface area contributed by atoms with E-state index in [0.717, 1.165) is 22.4 Å². The van der Waals surface area contributed by atoms with Crippen LogP contribution in [-0.2, 0) is 14.8 Å². The van der Waals surface area contributed by atoms with Crippen molar-refractivity contribution >= 4 is 21.6 Å². The first-order valence-electron chi connectivity index (χ1n) is 8.76. The van der Waals surface area contributed by atoms with E-state index in [2.05, 4.69) is 4.72 Å². The summed E-state index contributed by atoms with van der Waals surface area (Å²) in [5, 5.41) is 0. The highest BCUT2D eigenvalue weighted by atomic mass is 32.2. The summed E-state index contributed by atoms with van der Waals surface area (Å²) in [6.45, 7) is 6.11. The second kappa shape index (κ2) is 7.32. The van der Waals surface area contributed by atoms with E-state index in [1.54, 1.807) is 31.1 Å². The summed E-state index contributed by atoms with van der Waals surface area (Å²) in [5.41, 5.74) is 3.78. The first kappa shape index (κ1) is 19.4. The van der Waals surface area contributed by atoms with Crippen molar-refractivity contribution in [2.75, 3.05) is 18.6 Å². The van der Waals surface area contributed by atoms with Gasteiger partial charge in [-0.15, -0.1) is 0 Å². The van der Waals surface area contributed by atoms with Gasteiger partial charge in [0, 0.05) is 24.7 Å². The quantitative estimate of drug-likeness (QED) is 0.855. The zero-order valence-electron chi connectivity index (χ0n) is 15.9. The number of benzene rings is 2. The largest absolute Gasteiger partial charge is 0.496 e. The molecule has 1 N–H and O–H groups in total. The van der Waals surface area contributed by atoms with E-state index in [4.69, 9.17) is 4.74 Å². The molecule has 27 heavy (non-hydrogen) atoms. The lowest BCUT2D eigenvalue weighted by atomic mass is 10.1. The Morgan fingerprint density at radius 3 is 2.41 bits per heavy atom. The fourth-order valence-corrected chi connectivity index (χ4v) is 4.55. The number of amides is 1. The Balaban J connectivity index is 1.77. The Kier molecular flexibility index (Phi) is 5.26. The van der Waals surface area contributed by atoms with E-state index in [9.17, 15) is 13.2 Å². The van der Waals surface area contributed by atoms with Crippen molar-refractivity contribution in [2.24, 2.45) is 0 Å². The molecule has 1 saturated heterocycles. The zero-order valence-corrected chi connectivity index (χ0v) is 16.8. The molecule has 0 aliphatic carbocycles. The Morgan fingerprint density at radius 1 is 1.04 bits per heavy atom. The molecular formula is C20H24N2O4S. The molecule has 1 aliphatic heterocycles. The lowest BCUT2D eigenvalue weighted by Gasteiger charge is -2.18. The molecule has 1 fully saturated rings. The molecule has 0 saturated carbocycles. The number of nitrogens with one attached hydrogen (secondary N) is 1. The van der Waals surface area contributed by atoms with Crippen molar-refractivity contribution in [3.8, 4) is 5.75 Å². The highest BCUT2D eigenvalue weighted by Gasteiger charge is 2.33. The summed E-state index contributed by atoms with van der Waals surface area (Å²) >= 11 is 0. The second-order valence-corrected chi connectivity index (χ2v) is 8.64. The maximum Gasteiger partial charge on any atom is 0.240 e. The van der Waals surface area contributed by atoms with Crippen LogP contribution in [-0.4, -0.2) is 34.0 Å². The Morgan fingerprint density at radius 2 is 1.78 bits per heavy atom. The SMILES string of the molecule is COc1ccc(S(=O)(=O)N[C@H]2CC(=O)N(c3ccc(C)c(C)c3)C2)cc1C. The fourth-order valence-electron chi connectivity index (χ4n) is 3.24. The standard InChI is InChI=1S/C20H24N2O4S/c1-13-5-6-17(9-14(13)2)22-12-16(11-20(22)23)21-27(24,25)18-7-8-19(26-4)15(3)10-18/h5-10,16,21H,11-12H2,1-4H3/t16-/m0/s1. The molecule has 2 aromatic rings. The van der Waals surface area contributed by atoms with Crippen LogP contribution in [0.15, 0.2) is 41.3 Å². The average molecular weight is 388 g/mol. The number of hydrogen-bond donors (Lipinski definition) is 1. The van der Waals surface area contributed by atoms with Crippen LogP contribution in [0.5, 0.6) is 5.75 Å². The third-order valence-corrected chi connectivity index (χ3v) is 6.44. The first-order valence-corrected chi connectivity index (χ1v) is 10.2. The molecule has 0 bridgehead atoms. The number of methoxy groups -OCH3 is 1. The molecule has 1 aliphatic rings. The summed E-state index contributed by atoms with van der Waals surface area (Å²) in [7, 11) is -2.18. The fraction of sp³-hybridized carbons (Fsp3) is 0.350. The van der Waals surface area contributed by atoms with Crippen molar-refractivity contribution in [2.45, 2.75) is 38.1 Å². The molecule has 7 heteroatoms. The van der Waals surface area contributed by atoms with E-state index in [0.29, 0.717) is 12.3 Å². The summed E-state index contributed by atoms with van der Waals surface area (Å²) in [4.78, 5) is 14.2. The molecule has 1 atom stereocenters. The van der Waals surface area contributed by atoms with E-state index in [-0.39, 0.29) is 17.2 Å². The molecule has 3 rings (SSSR count). The van der Waals surface area contributed by atoms with Gasteiger partial charge in [-0.2, -0.15) is 0 Å². The number of rotatable bonds is 5. The number of carbonyl (C=O) groups excluding carboxylic acids is 1. The number of carbonyl (C=O) groups is 1. The van der Waals surface area contributed by atoms with Crippen molar-refractivity contribution in [3.05, 3.63) is 53.1 Å². The maximum atomic E-state index is 12.7. The van der Waals surface area contributed by atoms with Crippen LogP contribution < -0.4 is 14.4 Å². The lowest BCUT2D eigenvalue weighted by Crippen LogP contribution is -2.37.